The molecule has 0 aliphatic carbocycles. The molecule has 1 fully saturated rings. The molecular formula is C33H45N5O4. The quantitative estimate of drug-likeness (QED) is 0.238. The summed E-state index contributed by atoms with van der Waals surface area (Å²) in [6.45, 7) is 6.93. The largest absolute Gasteiger partial charge is 0.489 e. The molecule has 42 heavy (non-hydrogen) atoms. The Morgan fingerprint density at radius 3 is 2.62 bits per heavy atom. The van der Waals surface area contributed by atoms with Crippen LogP contribution in [0.4, 0.5) is 11.8 Å². The first kappa shape index (κ1) is 31.3. The number of esters is 1. The molecule has 0 spiro atoms. The van der Waals surface area contributed by atoms with Crippen molar-refractivity contribution in [3.05, 3.63) is 76.5 Å². The molecule has 4 N–H and O–H groups in total. The molecule has 2 aromatic carbocycles. The molecule has 1 aromatic heterocycles. The lowest BCUT2D eigenvalue weighted by Crippen LogP contribution is -2.32. The highest BCUT2D eigenvalue weighted by molar-refractivity contribution is 5.73. The maximum absolute atomic E-state index is 12.8. The van der Waals surface area contributed by atoms with Gasteiger partial charge in [-0.25, -0.2) is 4.98 Å². The molecular weight excluding hydrogens is 530 g/mol. The fourth-order valence-electron chi connectivity index (χ4n) is 5.27. The van der Waals surface area contributed by atoms with Crippen LogP contribution in [-0.2, 0) is 29.0 Å². The lowest BCUT2D eigenvalue weighted by Gasteiger charge is -2.28. The maximum atomic E-state index is 12.8. The minimum Gasteiger partial charge on any atom is -0.489 e. The number of likely N-dealkylation sites (tertiary alicyclic amines) is 1. The van der Waals surface area contributed by atoms with Crippen LogP contribution >= 0.6 is 0 Å². The predicted molar refractivity (Wildman–Crippen MR) is 165 cm³/mol. The van der Waals surface area contributed by atoms with E-state index in [0.717, 1.165) is 66.7 Å². The van der Waals surface area contributed by atoms with Gasteiger partial charge < -0.3 is 30.5 Å². The topological polar surface area (TPSA) is 123 Å². The van der Waals surface area contributed by atoms with E-state index in [0.29, 0.717) is 37.1 Å². The number of aliphatic hydroxyl groups is 1. The number of hydrogen-bond donors (Lipinski definition) is 3. The highest BCUT2D eigenvalue weighted by Gasteiger charge is 2.20. The van der Waals surface area contributed by atoms with Crippen LogP contribution in [0.15, 0.2) is 48.5 Å². The van der Waals surface area contributed by atoms with Gasteiger partial charge in [-0.3, -0.25) is 4.79 Å². The van der Waals surface area contributed by atoms with Crippen molar-refractivity contribution in [3.63, 3.8) is 0 Å². The summed E-state index contributed by atoms with van der Waals surface area (Å²) in [7, 11) is 2.13. The zero-order valence-electron chi connectivity index (χ0n) is 25.1. The van der Waals surface area contributed by atoms with Crippen molar-refractivity contribution in [1.29, 1.82) is 0 Å². The highest BCUT2D eigenvalue weighted by atomic mass is 16.5. The van der Waals surface area contributed by atoms with E-state index in [9.17, 15) is 9.90 Å². The summed E-state index contributed by atoms with van der Waals surface area (Å²) in [6, 6.07) is 15.7. The molecule has 1 aliphatic heterocycles. The lowest BCUT2D eigenvalue weighted by molar-refractivity contribution is -0.144. The zero-order valence-corrected chi connectivity index (χ0v) is 25.1. The SMILES string of the molecule is CCCC(CO)Nc1nc(N)nc(C)c1Cc1ccc(CC(=O)OCC2CCN(C)CC2)cc1OCc1ccccc1. The van der Waals surface area contributed by atoms with Crippen molar-refractivity contribution < 1.29 is 19.4 Å². The van der Waals surface area contributed by atoms with E-state index in [1.165, 1.54) is 0 Å². The third-order valence-corrected chi connectivity index (χ3v) is 7.83. The van der Waals surface area contributed by atoms with Gasteiger partial charge in [-0.2, -0.15) is 4.98 Å². The number of hydrogen-bond acceptors (Lipinski definition) is 9. The summed E-state index contributed by atoms with van der Waals surface area (Å²) < 4.78 is 12.0. The second-order valence-corrected chi connectivity index (χ2v) is 11.3. The number of anilines is 2. The summed E-state index contributed by atoms with van der Waals surface area (Å²) in [6.07, 6.45) is 4.50. The van der Waals surface area contributed by atoms with Crippen LogP contribution in [0.2, 0.25) is 0 Å². The number of nitrogen functional groups attached to an aromatic ring is 1. The Balaban J connectivity index is 1.54. The fourth-order valence-corrected chi connectivity index (χ4v) is 5.27. The monoisotopic (exact) mass is 575 g/mol. The van der Waals surface area contributed by atoms with Crippen LogP contribution in [0.25, 0.3) is 0 Å². The minimum absolute atomic E-state index is 0.00966. The number of carbonyl (C=O) groups excluding carboxylic acids is 1. The van der Waals surface area contributed by atoms with Gasteiger partial charge in [0, 0.05) is 17.7 Å². The smallest absolute Gasteiger partial charge is 0.310 e. The van der Waals surface area contributed by atoms with Gasteiger partial charge in [-0.1, -0.05) is 55.8 Å². The highest BCUT2D eigenvalue weighted by Crippen LogP contribution is 2.29. The van der Waals surface area contributed by atoms with Crippen LogP contribution in [-0.4, -0.2) is 65.3 Å². The lowest BCUT2D eigenvalue weighted by atomic mass is 9.98. The molecule has 0 radical (unpaired) electrons. The standard InChI is InChI=1S/C33H45N5O4/c1-4-8-28(20-39)36-32-29(23(2)35-33(34)37-32)19-27-12-11-26(17-30(27)41-21-24-9-6-5-7-10-24)18-31(40)42-22-25-13-15-38(3)16-14-25/h5-7,9-12,17,25,28,39H,4,8,13-16,18-22H2,1-3H3,(H3,34,35,36,37). The third kappa shape index (κ3) is 9.16. The number of benzene rings is 2. The number of carbonyl (C=O) groups is 1. The summed E-state index contributed by atoms with van der Waals surface area (Å²) in [5.74, 6) is 1.68. The van der Waals surface area contributed by atoms with Crippen LogP contribution in [0.5, 0.6) is 5.75 Å². The van der Waals surface area contributed by atoms with Crippen molar-refractivity contribution >= 4 is 17.7 Å². The summed E-state index contributed by atoms with van der Waals surface area (Å²) >= 11 is 0. The molecule has 1 aliphatic rings. The van der Waals surface area contributed by atoms with E-state index in [-0.39, 0.29) is 31.0 Å². The van der Waals surface area contributed by atoms with E-state index in [1.807, 2.05) is 55.5 Å². The van der Waals surface area contributed by atoms with Crippen molar-refractivity contribution in [3.8, 4) is 5.75 Å². The first-order valence-electron chi connectivity index (χ1n) is 15.0. The van der Waals surface area contributed by atoms with E-state index < -0.39 is 0 Å². The van der Waals surface area contributed by atoms with Gasteiger partial charge in [0.15, 0.2) is 0 Å². The number of aryl methyl sites for hydroxylation is 1. The molecule has 3 aromatic rings. The molecule has 0 bridgehead atoms. The average Bonchev–Trinajstić information content (AvgIpc) is 2.98. The molecule has 2 heterocycles. The number of nitrogens with two attached hydrogens (primary N) is 1. The van der Waals surface area contributed by atoms with Gasteiger partial charge in [0.25, 0.3) is 0 Å². The first-order valence-corrected chi connectivity index (χ1v) is 15.0. The molecule has 9 heteroatoms. The van der Waals surface area contributed by atoms with Gasteiger partial charge in [-0.05, 0) is 75.0 Å². The number of rotatable bonds is 14. The van der Waals surface area contributed by atoms with Gasteiger partial charge in [0.2, 0.25) is 5.95 Å². The fraction of sp³-hybridized carbons (Fsp3) is 0.485. The van der Waals surface area contributed by atoms with Crippen LogP contribution < -0.4 is 15.8 Å². The average molecular weight is 576 g/mol. The van der Waals surface area contributed by atoms with E-state index in [4.69, 9.17) is 15.2 Å². The number of nitrogens with one attached hydrogen (secondary N) is 1. The van der Waals surface area contributed by atoms with Crippen molar-refractivity contribution in [2.75, 3.05) is 44.4 Å². The second-order valence-electron chi connectivity index (χ2n) is 11.3. The van der Waals surface area contributed by atoms with Gasteiger partial charge in [-0.15, -0.1) is 0 Å². The number of piperidine rings is 1. The Hall–Kier alpha value is -3.69. The van der Waals surface area contributed by atoms with Crippen molar-refractivity contribution in [1.82, 2.24) is 14.9 Å². The molecule has 1 saturated heterocycles. The molecule has 9 nitrogen and oxygen atoms in total. The number of nitrogens with zero attached hydrogens (tertiary/aromatic N) is 3. The van der Waals surface area contributed by atoms with E-state index in [2.05, 4.69) is 34.2 Å². The van der Waals surface area contributed by atoms with E-state index in [1.54, 1.807) is 0 Å². The van der Waals surface area contributed by atoms with Crippen molar-refractivity contribution in [2.45, 2.75) is 65.0 Å². The normalized spacial score (nSPS) is 14.9. The van der Waals surface area contributed by atoms with Crippen LogP contribution in [0, 0.1) is 12.8 Å². The summed E-state index contributed by atoms with van der Waals surface area (Å²) in [5, 5.41) is 13.3. The maximum Gasteiger partial charge on any atom is 0.310 e. The number of aliphatic hydroxyl groups excluding tert-OH is 1. The Kier molecular flexibility index (Phi) is 11.5. The Morgan fingerprint density at radius 1 is 1.14 bits per heavy atom. The second kappa shape index (κ2) is 15.5. The summed E-state index contributed by atoms with van der Waals surface area (Å²) in [5.41, 5.74) is 10.5. The van der Waals surface area contributed by atoms with Crippen LogP contribution in [0.3, 0.4) is 0 Å². The van der Waals surface area contributed by atoms with E-state index >= 15 is 0 Å². The molecule has 0 amide bonds. The van der Waals surface area contributed by atoms with Gasteiger partial charge in [0.05, 0.1) is 25.7 Å². The molecule has 4 rings (SSSR count). The minimum atomic E-state index is -0.226. The Morgan fingerprint density at radius 2 is 1.90 bits per heavy atom. The van der Waals surface area contributed by atoms with Crippen LogP contribution in [0.1, 0.15) is 60.6 Å². The van der Waals surface area contributed by atoms with Crippen molar-refractivity contribution in [2.24, 2.45) is 5.92 Å². The first-order chi connectivity index (χ1) is 20.3. The number of aromatic nitrogens is 2. The predicted octanol–water partition coefficient (Wildman–Crippen LogP) is 4.54. The molecule has 226 valence electrons. The molecule has 1 atom stereocenters. The third-order valence-electron chi connectivity index (χ3n) is 7.83. The Labute approximate surface area is 249 Å². The molecule has 0 saturated carbocycles. The van der Waals surface area contributed by atoms with Gasteiger partial charge >= 0.3 is 5.97 Å². The van der Waals surface area contributed by atoms with Gasteiger partial charge in [0.1, 0.15) is 18.2 Å². The number of ether oxygens (including phenoxy) is 2. The summed E-state index contributed by atoms with van der Waals surface area (Å²) in [4.78, 5) is 24.0. The zero-order chi connectivity index (χ0) is 29.9. The Bertz CT molecular complexity index is 1300. The molecule has 1 unspecified atom stereocenters.